The lowest BCUT2D eigenvalue weighted by molar-refractivity contribution is -0.119. The fraction of sp³-hybridized carbons (Fsp3) is 0.350. The highest BCUT2D eigenvalue weighted by Gasteiger charge is 2.61. The first-order valence-electron chi connectivity index (χ1n) is 9.75. The summed E-state index contributed by atoms with van der Waals surface area (Å²) in [5.74, 6) is -4.97. The third-order valence-corrected chi connectivity index (χ3v) is 6.38. The Morgan fingerprint density at radius 3 is 2.84 bits per heavy atom. The molecule has 1 amide bonds. The van der Waals surface area contributed by atoms with Crippen molar-refractivity contribution >= 4 is 38.4 Å². The molecule has 0 aliphatic heterocycles. The topological polar surface area (TPSA) is 105 Å². The average Bonchev–Trinajstić information content (AvgIpc) is 3.09. The number of fused-ring (bicyclic) bond motifs is 3. The lowest BCUT2D eigenvalue weighted by atomic mass is 10.0. The Kier molecular flexibility index (Phi) is 4.48. The van der Waals surface area contributed by atoms with E-state index in [1.54, 1.807) is 10.7 Å². The molecular weight excluding hydrogens is 426 g/mol. The molecule has 4 heterocycles. The van der Waals surface area contributed by atoms with Crippen LogP contribution in [0.5, 0.6) is 0 Å². The summed E-state index contributed by atoms with van der Waals surface area (Å²) >= 11 is 1.15. The normalized spacial score (nSPS) is 18.4. The van der Waals surface area contributed by atoms with Crippen LogP contribution in [0.15, 0.2) is 24.7 Å². The van der Waals surface area contributed by atoms with Crippen molar-refractivity contribution < 1.29 is 18.7 Å². The van der Waals surface area contributed by atoms with Crippen LogP contribution in [0.25, 0.3) is 27.1 Å². The number of aliphatic hydroxyl groups is 1. The maximum Gasteiger partial charge on any atom is 0.260 e. The van der Waals surface area contributed by atoms with Crippen molar-refractivity contribution in [2.24, 2.45) is 5.92 Å². The van der Waals surface area contributed by atoms with Crippen molar-refractivity contribution in [2.75, 3.05) is 5.32 Å². The van der Waals surface area contributed by atoms with Gasteiger partial charge in [-0.1, -0.05) is 18.3 Å². The summed E-state index contributed by atoms with van der Waals surface area (Å²) in [5, 5.41) is 17.1. The fourth-order valence-electron chi connectivity index (χ4n) is 3.54. The zero-order valence-corrected chi connectivity index (χ0v) is 17.5. The number of carbonyl (C=O) groups is 1. The van der Waals surface area contributed by atoms with E-state index >= 15 is 0 Å². The van der Waals surface area contributed by atoms with E-state index in [1.807, 2.05) is 26.0 Å². The summed E-state index contributed by atoms with van der Waals surface area (Å²) in [5.41, 5.74) is 4.18. The van der Waals surface area contributed by atoms with Crippen molar-refractivity contribution in [3.63, 3.8) is 0 Å². The van der Waals surface area contributed by atoms with E-state index < -0.39 is 30.3 Å². The Balaban J connectivity index is 1.57. The Morgan fingerprint density at radius 1 is 1.39 bits per heavy atom. The fourth-order valence-corrected chi connectivity index (χ4v) is 4.45. The van der Waals surface area contributed by atoms with Crippen LogP contribution >= 0.6 is 11.3 Å². The van der Waals surface area contributed by atoms with Gasteiger partial charge in [0, 0.05) is 23.7 Å². The Morgan fingerprint density at radius 2 is 2.16 bits per heavy atom. The highest BCUT2D eigenvalue weighted by atomic mass is 32.1. The van der Waals surface area contributed by atoms with Crippen LogP contribution < -0.4 is 5.32 Å². The van der Waals surface area contributed by atoms with Gasteiger partial charge in [-0.05, 0) is 31.0 Å². The van der Waals surface area contributed by atoms with Gasteiger partial charge in [0.15, 0.2) is 10.8 Å². The van der Waals surface area contributed by atoms with Gasteiger partial charge in [-0.2, -0.15) is 5.10 Å². The quantitative estimate of drug-likeness (QED) is 0.486. The van der Waals surface area contributed by atoms with Gasteiger partial charge in [0.1, 0.15) is 22.6 Å². The zero-order chi connectivity index (χ0) is 21.9. The van der Waals surface area contributed by atoms with Crippen LogP contribution in [-0.2, 0) is 4.79 Å². The van der Waals surface area contributed by atoms with Gasteiger partial charge >= 0.3 is 0 Å². The molecule has 8 nitrogen and oxygen atoms in total. The molecule has 4 aromatic heterocycles. The predicted octanol–water partition coefficient (Wildman–Crippen LogP) is 3.75. The van der Waals surface area contributed by atoms with Crippen molar-refractivity contribution in [3.8, 4) is 11.1 Å². The summed E-state index contributed by atoms with van der Waals surface area (Å²) in [6.07, 6.45) is 2.59. The largest absolute Gasteiger partial charge is 0.387 e. The predicted molar refractivity (Wildman–Crippen MR) is 111 cm³/mol. The number of carbonyl (C=O) groups excluding carboxylic acids is 1. The Hall–Kier alpha value is -3.05. The number of alkyl halides is 2. The van der Waals surface area contributed by atoms with Crippen molar-refractivity contribution in [1.82, 2.24) is 24.6 Å². The van der Waals surface area contributed by atoms with Crippen LogP contribution in [0.4, 0.5) is 13.9 Å². The van der Waals surface area contributed by atoms with Crippen LogP contribution in [0.3, 0.4) is 0 Å². The number of rotatable bonds is 5. The van der Waals surface area contributed by atoms with Crippen LogP contribution in [0.2, 0.25) is 0 Å². The SMILES string of the molecule is CCC(O)c1cc(C)c(-c2cc3nc(NC(=O)C4CC4(F)F)sc3n3ncnc23)cn1. The summed E-state index contributed by atoms with van der Waals surface area (Å²) in [6.45, 7) is 3.80. The number of aliphatic hydroxyl groups excluding tert-OH is 1. The molecule has 0 aromatic carbocycles. The maximum atomic E-state index is 13.2. The standard InChI is InChI=1S/C20H18F2N6O2S/c1-3-15(29)13-4-9(2)11(7-23-13)10-5-14-18(28-16(10)24-8-25-28)31-19(26-14)27-17(30)12-6-20(12,21)22/h4-5,7-8,12,15,29H,3,6H2,1-2H3,(H,26,27,30). The van der Waals surface area contributed by atoms with Gasteiger partial charge in [-0.15, -0.1) is 0 Å². The number of hydrogen-bond donors (Lipinski definition) is 2. The van der Waals surface area contributed by atoms with Crippen molar-refractivity contribution in [3.05, 3.63) is 35.9 Å². The van der Waals surface area contributed by atoms with Crippen LogP contribution in [-0.4, -0.2) is 41.5 Å². The number of amides is 1. The molecule has 0 bridgehead atoms. The Labute approximate surface area is 179 Å². The second-order valence-corrected chi connectivity index (χ2v) is 8.60. The molecule has 1 fully saturated rings. The van der Waals surface area contributed by atoms with E-state index in [0.29, 0.717) is 28.1 Å². The minimum atomic E-state index is -2.94. The second-order valence-electron chi connectivity index (χ2n) is 7.62. The minimum Gasteiger partial charge on any atom is -0.387 e. The van der Waals surface area contributed by atoms with E-state index in [9.17, 15) is 18.7 Å². The molecular formula is C20H18F2N6O2S. The number of nitrogens with one attached hydrogen (secondary N) is 1. The molecule has 0 radical (unpaired) electrons. The van der Waals surface area contributed by atoms with E-state index in [-0.39, 0.29) is 5.13 Å². The molecule has 1 aliphatic carbocycles. The average molecular weight is 444 g/mol. The van der Waals surface area contributed by atoms with Gasteiger partial charge < -0.3 is 10.4 Å². The lowest BCUT2D eigenvalue weighted by Gasteiger charge is -2.12. The lowest BCUT2D eigenvalue weighted by Crippen LogP contribution is -2.17. The summed E-state index contributed by atoms with van der Waals surface area (Å²) in [4.78, 5) is 25.8. The number of aromatic nitrogens is 5. The van der Waals surface area contributed by atoms with Crippen molar-refractivity contribution in [1.29, 1.82) is 0 Å². The molecule has 1 saturated carbocycles. The number of hydrogen-bond acceptors (Lipinski definition) is 7. The van der Waals surface area contributed by atoms with Gasteiger partial charge in [-0.3, -0.25) is 9.78 Å². The van der Waals surface area contributed by atoms with Crippen molar-refractivity contribution in [2.45, 2.75) is 38.7 Å². The number of aryl methyl sites for hydroxylation is 1. The summed E-state index contributed by atoms with van der Waals surface area (Å²) < 4.78 is 28.0. The van der Waals surface area contributed by atoms with E-state index in [0.717, 1.165) is 28.0 Å². The molecule has 4 aromatic rings. The third kappa shape index (κ3) is 3.33. The third-order valence-electron chi connectivity index (χ3n) is 5.42. The molecule has 1 aliphatic rings. The number of nitrogens with zero attached hydrogens (tertiary/aromatic N) is 5. The molecule has 11 heteroatoms. The number of pyridine rings is 2. The van der Waals surface area contributed by atoms with Crippen LogP contribution in [0, 0.1) is 12.8 Å². The smallest absolute Gasteiger partial charge is 0.260 e. The van der Waals surface area contributed by atoms with E-state index in [4.69, 9.17) is 0 Å². The monoisotopic (exact) mass is 444 g/mol. The van der Waals surface area contributed by atoms with E-state index in [1.165, 1.54) is 6.33 Å². The molecule has 5 rings (SSSR count). The van der Waals surface area contributed by atoms with Gasteiger partial charge in [0.2, 0.25) is 5.91 Å². The highest BCUT2D eigenvalue weighted by Crippen LogP contribution is 2.49. The first-order chi connectivity index (χ1) is 14.8. The molecule has 0 spiro atoms. The van der Waals surface area contributed by atoms with Gasteiger partial charge in [0.05, 0.1) is 11.8 Å². The molecule has 160 valence electrons. The first-order valence-corrected chi connectivity index (χ1v) is 10.6. The van der Waals surface area contributed by atoms with Crippen LogP contribution in [0.1, 0.15) is 37.1 Å². The molecule has 0 saturated heterocycles. The number of thiazole rings is 1. The highest BCUT2D eigenvalue weighted by molar-refractivity contribution is 7.22. The molecule has 2 atom stereocenters. The van der Waals surface area contributed by atoms with E-state index in [2.05, 4.69) is 25.4 Å². The number of halogens is 2. The first kappa shape index (κ1) is 19.9. The maximum absolute atomic E-state index is 13.2. The molecule has 31 heavy (non-hydrogen) atoms. The molecule has 2 N–H and O–H groups in total. The summed E-state index contributed by atoms with van der Waals surface area (Å²) in [6, 6.07) is 3.65. The van der Waals surface area contributed by atoms with Gasteiger partial charge in [-0.25, -0.2) is 23.3 Å². The zero-order valence-electron chi connectivity index (χ0n) is 16.6. The number of anilines is 1. The minimum absolute atomic E-state index is 0.230. The summed E-state index contributed by atoms with van der Waals surface area (Å²) in [7, 11) is 0. The van der Waals surface area contributed by atoms with Gasteiger partial charge in [0.25, 0.3) is 5.92 Å². The second kappa shape index (κ2) is 6.99. The molecule has 2 unspecified atom stereocenters. The Bertz CT molecular complexity index is 1330.